The van der Waals surface area contributed by atoms with Crippen LogP contribution in [0.4, 0.5) is 5.82 Å². The summed E-state index contributed by atoms with van der Waals surface area (Å²) < 4.78 is 0. The number of imidazole rings is 1. The summed E-state index contributed by atoms with van der Waals surface area (Å²) in [7, 11) is 1.97. The van der Waals surface area contributed by atoms with E-state index in [4.69, 9.17) is 0 Å². The van der Waals surface area contributed by atoms with E-state index >= 15 is 0 Å². The maximum absolute atomic E-state index is 4.25. The second-order valence-electron chi connectivity index (χ2n) is 3.29. The number of nitrogens with one attached hydrogen (secondary N) is 1. The first-order valence-corrected chi connectivity index (χ1v) is 4.74. The van der Waals surface area contributed by atoms with E-state index in [2.05, 4.69) is 19.9 Å². The Morgan fingerprint density at radius 1 is 1.40 bits per heavy atom. The van der Waals surface area contributed by atoms with E-state index in [-0.39, 0.29) is 0 Å². The number of hydrogen-bond acceptors (Lipinski definition) is 4. The van der Waals surface area contributed by atoms with Crippen LogP contribution in [0.5, 0.6) is 0 Å². The van der Waals surface area contributed by atoms with Crippen LogP contribution in [-0.2, 0) is 0 Å². The maximum Gasteiger partial charge on any atom is 0.182 e. The second kappa shape index (κ2) is 3.68. The molecule has 2 rings (SSSR count). The Morgan fingerprint density at radius 3 is 2.93 bits per heavy atom. The zero-order chi connectivity index (χ0) is 10.8. The number of aromatic amines is 1. The fourth-order valence-electron chi connectivity index (χ4n) is 1.37. The molecular formula is C10H13N5. The van der Waals surface area contributed by atoms with Gasteiger partial charge in [0.05, 0.1) is 6.33 Å². The topological polar surface area (TPSA) is 57.7 Å². The largest absolute Gasteiger partial charge is 0.340 e. The van der Waals surface area contributed by atoms with E-state index in [0.29, 0.717) is 5.65 Å². The Balaban J connectivity index is 2.56. The SMILES string of the molecule is C/C=C(\C)N(C)c1ncnc2nc[nH]c12. The van der Waals surface area contributed by atoms with Crippen molar-refractivity contribution < 1.29 is 0 Å². The Morgan fingerprint density at radius 2 is 2.20 bits per heavy atom. The van der Waals surface area contributed by atoms with Crippen LogP contribution in [0, 0.1) is 0 Å². The lowest BCUT2D eigenvalue weighted by atomic mass is 10.3. The highest BCUT2D eigenvalue weighted by molar-refractivity contribution is 5.83. The van der Waals surface area contributed by atoms with Gasteiger partial charge in [0, 0.05) is 12.7 Å². The van der Waals surface area contributed by atoms with Crippen molar-refractivity contribution in [1.29, 1.82) is 0 Å². The molecule has 0 spiro atoms. The summed E-state index contributed by atoms with van der Waals surface area (Å²) in [6.45, 7) is 4.03. The molecule has 2 aromatic heterocycles. The van der Waals surface area contributed by atoms with Crippen molar-refractivity contribution in [2.24, 2.45) is 0 Å². The van der Waals surface area contributed by atoms with Gasteiger partial charge in [0.25, 0.3) is 0 Å². The molecule has 0 aliphatic rings. The van der Waals surface area contributed by atoms with Crippen LogP contribution in [0.15, 0.2) is 24.4 Å². The molecule has 78 valence electrons. The minimum Gasteiger partial charge on any atom is -0.340 e. The van der Waals surface area contributed by atoms with E-state index < -0.39 is 0 Å². The highest BCUT2D eigenvalue weighted by Gasteiger charge is 2.10. The average molecular weight is 203 g/mol. The molecule has 1 N–H and O–H groups in total. The van der Waals surface area contributed by atoms with Crippen molar-refractivity contribution in [3.63, 3.8) is 0 Å². The van der Waals surface area contributed by atoms with Gasteiger partial charge in [-0.1, -0.05) is 6.08 Å². The van der Waals surface area contributed by atoms with Gasteiger partial charge in [-0.15, -0.1) is 0 Å². The fourth-order valence-corrected chi connectivity index (χ4v) is 1.37. The van der Waals surface area contributed by atoms with E-state index in [1.165, 1.54) is 6.33 Å². The summed E-state index contributed by atoms with van der Waals surface area (Å²) in [4.78, 5) is 17.5. The third-order valence-corrected chi connectivity index (χ3v) is 2.47. The lowest BCUT2D eigenvalue weighted by molar-refractivity contribution is 1.03. The van der Waals surface area contributed by atoms with Gasteiger partial charge in [-0.2, -0.15) is 0 Å². The fraction of sp³-hybridized carbons (Fsp3) is 0.300. The number of rotatable bonds is 2. The quantitative estimate of drug-likeness (QED) is 0.807. The molecule has 0 aliphatic heterocycles. The highest BCUT2D eigenvalue weighted by Crippen LogP contribution is 2.20. The lowest BCUT2D eigenvalue weighted by Gasteiger charge is -2.18. The number of hydrogen-bond donors (Lipinski definition) is 1. The predicted molar refractivity (Wildman–Crippen MR) is 59.5 cm³/mol. The Kier molecular flexibility index (Phi) is 2.37. The van der Waals surface area contributed by atoms with Crippen molar-refractivity contribution in [2.45, 2.75) is 13.8 Å². The molecule has 0 unspecified atom stereocenters. The van der Waals surface area contributed by atoms with Crippen LogP contribution >= 0.6 is 0 Å². The summed E-state index contributed by atoms with van der Waals surface area (Å²) in [5.74, 6) is 0.841. The molecule has 0 atom stereocenters. The zero-order valence-electron chi connectivity index (χ0n) is 9.02. The van der Waals surface area contributed by atoms with Gasteiger partial charge in [-0.05, 0) is 13.8 Å². The van der Waals surface area contributed by atoms with Gasteiger partial charge in [0.2, 0.25) is 0 Å². The Bertz CT molecular complexity index is 499. The minimum absolute atomic E-state index is 0.691. The van der Waals surface area contributed by atoms with E-state index in [1.807, 2.05) is 31.9 Å². The van der Waals surface area contributed by atoms with Crippen molar-refractivity contribution in [1.82, 2.24) is 19.9 Å². The monoisotopic (exact) mass is 203 g/mol. The molecule has 0 saturated heterocycles. The normalized spacial score (nSPS) is 12.1. The van der Waals surface area contributed by atoms with Crippen molar-refractivity contribution in [3.05, 3.63) is 24.4 Å². The molecule has 0 bridgehead atoms. The maximum atomic E-state index is 4.25. The van der Waals surface area contributed by atoms with Crippen LogP contribution < -0.4 is 4.90 Å². The number of nitrogens with zero attached hydrogens (tertiary/aromatic N) is 4. The molecule has 2 aromatic rings. The van der Waals surface area contributed by atoms with Crippen LogP contribution in [0.3, 0.4) is 0 Å². The Hall–Kier alpha value is -1.91. The van der Waals surface area contributed by atoms with Crippen LogP contribution in [0.25, 0.3) is 11.2 Å². The third kappa shape index (κ3) is 1.56. The first kappa shape index (κ1) is 9.64. The number of allylic oxidation sites excluding steroid dienone is 2. The number of H-pyrrole nitrogens is 1. The van der Waals surface area contributed by atoms with Crippen molar-refractivity contribution in [3.8, 4) is 0 Å². The molecule has 0 aromatic carbocycles. The first-order valence-electron chi connectivity index (χ1n) is 4.74. The van der Waals surface area contributed by atoms with Crippen LogP contribution in [-0.4, -0.2) is 27.0 Å². The van der Waals surface area contributed by atoms with E-state index in [9.17, 15) is 0 Å². The molecule has 5 heteroatoms. The van der Waals surface area contributed by atoms with E-state index in [1.54, 1.807) is 6.33 Å². The summed E-state index contributed by atoms with van der Waals surface area (Å²) in [5.41, 5.74) is 2.68. The number of fused-ring (bicyclic) bond motifs is 1. The molecular weight excluding hydrogens is 190 g/mol. The van der Waals surface area contributed by atoms with Crippen LogP contribution in [0.2, 0.25) is 0 Å². The van der Waals surface area contributed by atoms with Gasteiger partial charge in [0.1, 0.15) is 11.8 Å². The smallest absolute Gasteiger partial charge is 0.182 e. The summed E-state index contributed by atoms with van der Waals surface area (Å²) >= 11 is 0. The molecule has 15 heavy (non-hydrogen) atoms. The average Bonchev–Trinajstić information content (AvgIpc) is 2.74. The van der Waals surface area contributed by atoms with Crippen molar-refractivity contribution >= 4 is 17.0 Å². The molecule has 5 nitrogen and oxygen atoms in total. The summed E-state index contributed by atoms with van der Waals surface area (Å²) in [6, 6.07) is 0. The lowest BCUT2D eigenvalue weighted by Crippen LogP contribution is -2.16. The molecule has 2 heterocycles. The first-order chi connectivity index (χ1) is 7.24. The number of anilines is 1. The number of aromatic nitrogens is 4. The molecule has 0 radical (unpaired) electrons. The Labute approximate surface area is 87.9 Å². The van der Waals surface area contributed by atoms with Gasteiger partial charge in [0.15, 0.2) is 11.5 Å². The van der Waals surface area contributed by atoms with Crippen LogP contribution in [0.1, 0.15) is 13.8 Å². The second-order valence-corrected chi connectivity index (χ2v) is 3.29. The standard InChI is InChI=1S/C10H13N5/c1-4-7(2)15(3)10-8-9(12-5-11-8)13-6-14-10/h4-6H,1-3H3,(H,11,12,13,14)/b7-4+. The third-order valence-electron chi connectivity index (χ3n) is 2.47. The minimum atomic E-state index is 0.691. The molecule has 0 amide bonds. The van der Waals surface area contributed by atoms with E-state index in [0.717, 1.165) is 17.0 Å². The summed E-state index contributed by atoms with van der Waals surface area (Å²) in [5, 5.41) is 0. The van der Waals surface area contributed by atoms with Gasteiger partial charge < -0.3 is 9.88 Å². The highest BCUT2D eigenvalue weighted by atomic mass is 15.2. The molecule has 0 aliphatic carbocycles. The van der Waals surface area contributed by atoms with Gasteiger partial charge in [-0.25, -0.2) is 15.0 Å². The van der Waals surface area contributed by atoms with Gasteiger partial charge in [-0.3, -0.25) is 0 Å². The van der Waals surface area contributed by atoms with Crippen molar-refractivity contribution in [2.75, 3.05) is 11.9 Å². The predicted octanol–water partition coefficient (Wildman–Crippen LogP) is 1.71. The molecule has 0 saturated carbocycles. The zero-order valence-corrected chi connectivity index (χ0v) is 9.02. The van der Waals surface area contributed by atoms with Gasteiger partial charge >= 0.3 is 0 Å². The molecule has 0 fully saturated rings. The summed E-state index contributed by atoms with van der Waals surface area (Å²) in [6.07, 6.45) is 5.18.